The van der Waals surface area contributed by atoms with Crippen LogP contribution >= 0.6 is 0 Å². The molecule has 1 amide bonds. The summed E-state index contributed by atoms with van der Waals surface area (Å²) in [5.41, 5.74) is 1.41. The summed E-state index contributed by atoms with van der Waals surface area (Å²) < 4.78 is 13.1. The molecule has 2 aromatic carbocycles. The molecule has 27 heavy (non-hydrogen) atoms. The van der Waals surface area contributed by atoms with Gasteiger partial charge in [0.15, 0.2) is 5.76 Å². The van der Waals surface area contributed by atoms with E-state index in [0.29, 0.717) is 11.4 Å². The zero-order chi connectivity index (χ0) is 18.8. The molecular formula is C21H19N3O3. The van der Waals surface area contributed by atoms with Gasteiger partial charge >= 0.3 is 0 Å². The first-order valence-electron chi connectivity index (χ1n) is 8.60. The van der Waals surface area contributed by atoms with E-state index in [2.05, 4.69) is 16.5 Å². The molecule has 0 saturated carbocycles. The van der Waals surface area contributed by atoms with Gasteiger partial charge in [-0.2, -0.15) is 5.10 Å². The van der Waals surface area contributed by atoms with Crippen molar-refractivity contribution in [2.45, 2.75) is 13.5 Å². The maximum atomic E-state index is 12.3. The molecule has 136 valence electrons. The van der Waals surface area contributed by atoms with Crippen LogP contribution in [-0.2, 0) is 13.7 Å². The molecule has 4 rings (SSSR count). The summed E-state index contributed by atoms with van der Waals surface area (Å²) >= 11 is 0. The highest BCUT2D eigenvalue weighted by molar-refractivity contribution is 6.02. The highest BCUT2D eigenvalue weighted by atomic mass is 16.5. The molecule has 6 heteroatoms. The molecule has 0 radical (unpaired) electrons. The van der Waals surface area contributed by atoms with Crippen molar-refractivity contribution in [3.8, 4) is 5.75 Å². The number of nitrogens with zero attached hydrogens (tertiary/aromatic N) is 2. The van der Waals surface area contributed by atoms with E-state index in [1.807, 2.05) is 43.3 Å². The SMILES string of the molecule is Cc1nn(C)cc1NC(=O)c1ccc(COc2ccc3ccccc3c2)o1. The van der Waals surface area contributed by atoms with Gasteiger partial charge in [-0.25, -0.2) is 0 Å². The summed E-state index contributed by atoms with van der Waals surface area (Å²) in [5.74, 6) is 1.25. The van der Waals surface area contributed by atoms with Gasteiger partial charge in [0.1, 0.15) is 18.1 Å². The lowest BCUT2D eigenvalue weighted by Crippen LogP contribution is -2.11. The molecule has 0 spiro atoms. The van der Waals surface area contributed by atoms with Gasteiger partial charge in [0.25, 0.3) is 5.91 Å². The summed E-state index contributed by atoms with van der Waals surface area (Å²) in [6.45, 7) is 2.08. The quantitative estimate of drug-likeness (QED) is 0.575. The molecule has 0 saturated heterocycles. The summed E-state index contributed by atoms with van der Waals surface area (Å²) in [7, 11) is 1.80. The van der Waals surface area contributed by atoms with Crippen molar-refractivity contribution in [2.24, 2.45) is 7.05 Å². The Labute approximate surface area is 156 Å². The molecule has 6 nitrogen and oxygen atoms in total. The summed E-state index contributed by atoms with van der Waals surface area (Å²) in [4.78, 5) is 12.3. The molecule has 0 aliphatic rings. The average molecular weight is 361 g/mol. The third-order valence-electron chi connectivity index (χ3n) is 4.25. The molecule has 0 aliphatic carbocycles. The first kappa shape index (κ1) is 16.9. The number of nitrogens with one attached hydrogen (secondary N) is 1. The van der Waals surface area contributed by atoms with Gasteiger partial charge in [-0.3, -0.25) is 9.48 Å². The predicted octanol–water partition coefficient (Wildman–Crippen LogP) is 4.31. The summed E-state index contributed by atoms with van der Waals surface area (Å²) in [5, 5.41) is 9.27. The van der Waals surface area contributed by atoms with E-state index in [9.17, 15) is 4.79 Å². The Bertz CT molecular complexity index is 1110. The molecule has 0 aliphatic heterocycles. The maximum Gasteiger partial charge on any atom is 0.291 e. The molecule has 0 atom stereocenters. The van der Waals surface area contributed by atoms with Crippen LogP contribution in [0.1, 0.15) is 22.0 Å². The number of benzene rings is 2. The molecule has 0 bridgehead atoms. The second-order valence-corrected chi connectivity index (χ2v) is 6.32. The number of fused-ring (bicyclic) bond motifs is 1. The normalized spacial score (nSPS) is 10.9. The Kier molecular flexibility index (Phi) is 4.38. The van der Waals surface area contributed by atoms with E-state index in [4.69, 9.17) is 9.15 Å². The van der Waals surface area contributed by atoms with E-state index in [-0.39, 0.29) is 18.3 Å². The minimum Gasteiger partial charge on any atom is -0.486 e. The molecule has 0 fully saturated rings. The standard InChI is InChI=1S/C21H19N3O3/c1-14-19(12-24(2)23-14)22-21(25)20-10-9-18(27-20)13-26-17-8-7-15-5-3-4-6-16(15)11-17/h3-12H,13H2,1-2H3,(H,22,25). The number of carbonyl (C=O) groups is 1. The molecule has 2 heterocycles. The van der Waals surface area contributed by atoms with Crippen molar-refractivity contribution in [3.05, 3.63) is 78.0 Å². The third kappa shape index (κ3) is 3.69. The van der Waals surface area contributed by atoms with Crippen molar-refractivity contribution in [3.63, 3.8) is 0 Å². The number of ether oxygens (including phenoxy) is 1. The van der Waals surface area contributed by atoms with E-state index >= 15 is 0 Å². The fraction of sp³-hybridized carbons (Fsp3) is 0.143. The fourth-order valence-corrected chi connectivity index (χ4v) is 2.90. The van der Waals surface area contributed by atoms with Crippen molar-refractivity contribution < 1.29 is 13.9 Å². The molecule has 2 aromatic heterocycles. The lowest BCUT2D eigenvalue weighted by atomic mass is 10.1. The average Bonchev–Trinajstić information content (AvgIpc) is 3.26. The van der Waals surface area contributed by atoms with E-state index in [0.717, 1.165) is 22.2 Å². The number of anilines is 1. The van der Waals surface area contributed by atoms with Gasteiger partial charge in [-0.05, 0) is 42.0 Å². The highest BCUT2D eigenvalue weighted by Crippen LogP contribution is 2.22. The zero-order valence-electron chi connectivity index (χ0n) is 15.1. The van der Waals surface area contributed by atoms with Gasteiger partial charge in [-0.1, -0.05) is 30.3 Å². The van der Waals surface area contributed by atoms with Crippen LogP contribution in [-0.4, -0.2) is 15.7 Å². The predicted molar refractivity (Wildman–Crippen MR) is 103 cm³/mol. The zero-order valence-corrected chi connectivity index (χ0v) is 15.1. The molecular weight excluding hydrogens is 342 g/mol. The van der Waals surface area contributed by atoms with Gasteiger partial charge < -0.3 is 14.5 Å². The second-order valence-electron chi connectivity index (χ2n) is 6.32. The smallest absolute Gasteiger partial charge is 0.291 e. The van der Waals surface area contributed by atoms with Crippen LogP contribution < -0.4 is 10.1 Å². The highest BCUT2D eigenvalue weighted by Gasteiger charge is 2.14. The first-order chi connectivity index (χ1) is 13.1. The van der Waals surface area contributed by atoms with Crippen LogP contribution in [0.3, 0.4) is 0 Å². The van der Waals surface area contributed by atoms with Crippen LogP contribution in [0.25, 0.3) is 10.8 Å². The number of carbonyl (C=O) groups excluding carboxylic acids is 1. The van der Waals surface area contributed by atoms with Gasteiger partial charge in [-0.15, -0.1) is 0 Å². The topological polar surface area (TPSA) is 69.3 Å². The molecule has 1 N–H and O–H groups in total. The van der Waals surface area contributed by atoms with Crippen molar-refractivity contribution in [1.82, 2.24) is 9.78 Å². The lowest BCUT2D eigenvalue weighted by Gasteiger charge is -2.06. The van der Waals surface area contributed by atoms with Crippen LogP contribution in [0.5, 0.6) is 5.75 Å². The number of hydrogen-bond acceptors (Lipinski definition) is 4. The van der Waals surface area contributed by atoms with E-state index in [1.165, 1.54) is 0 Å². The van der Waals surface area contributed by atoms with E-state index < -0.39 is 0 Å². The second kappa shape index (κ2) is 6.99. The van der Waals surface area contributed by atoms with Crippen LogP contribution in [0.4, 0.5) is 5.69 Å². The number of rotatable bonds is 5. The minimum absolute atomic E-state index is 0.232. The third-order valence-corrected chi connectivity index (χ3v) is 4.25. The van der Waals surface area contributed by atoms with E-state index in [1.54, 1.807) is 30.1 Å². The molecule has 4 aromatic rings. The number of hydrogen-bond donors (Lipinski definition) is 1. The van der Waals surface area contributed by atoms with Gasteiger partial charge in [0.05, 0.1) is 11.4 Å². The Morgan fingerprint density at radius 2 is 1.96 bits per heavy atom. The van der Waals surface area contributed by atoms with Crippen molar-refractivity contribution in [2.75, 3.05) is 5.32 Å². The lowest BCUT2D eigenvalue weighted by molar-refractivity contribution is 0.0992. The number of furan rings is 1. The Hall–Kier alpha value is -3.54. The van der Waals surface area contributed by atoms with Crippen molar-refractivity contribution >= 4 is 22.4 Å². The monoisotopic (exact) mass is 361 g/mol. The Morgan fingerprint density at radius 1 is 1.15 bits per heavy atom. The largest absolute Gasteiger partial charge is 0.486 e. The summed E-state index contributed by atoms with van der Waals surface area (Å²) in [6.07, 6.45) is 1.75. The van der Waals surface area contributed by atoms with Crippen LogP contribution in [0, 0.1) is 6.92 Å². The van der Waals surface area contributed by atoms with Gasteiger partial charge in [0, 0.05) is 13.2 Å². The first-order valence-corrected chi connectivity index (χ1v) is 8.60. The van der Waals surface area contributed by atoms with Crippen molar-refractivity contribution in [1.29, 1.82) is 0 Å². The van der Waals surface area contributed by atoms with Crippen LogP contribution in [0.2, 0.25) is 0 Å². The van der Waals surface area contributed by atoms with Crippen LogP contribution in [0.15, 0.2) is 65.2 Å². The Morgan fingerprint density at radius 3 is 2.74 bits per heavy atom. The van der Waals surface area contributed by atoms with Gasteiger partial charge in [0.2, 0.25) is 0 Å². The fourth-order valence-electron chi connectivity index (χ4n) is 2.90. The minimum atomic E-state index is -0.317. The number of aromatic nitrogens is 2. The number of aryl methyl sites for hydroxylation is 2. The Balaban J connectivity index is 1.41. The summed E-state index contributed by atoms with van der Waals surface area (Å²) in [6, 6.07) is 17.4. The molecule has 0 unspecified atom stereocenters. The number of amides is 1. The maximum absolute atomic E-state index is 12.3.